The Balaban J connectivity index is 1.89. The van der Waals surface area contributed by atoms with Crippen molar-refractivity contribution in [3.63, 3.8) is 0 Å². The molecule has 126 valence electrons. The van der Waals surface area contributed by atoms with Crippen LogP contribution in [0.1, 0.15) is 30.0 Å². The van der Waals surface area contributed by atoms with Crippen LogP contribution in [0.3, 0.4) is 0 Å². The maximum Gasteiger partial charge on any atom is 0.223 e. The lowest BCUT2D eigenvalue weighted by atomic mass is 9.84. The fourth-order valence-corrected chi connectivity index (χ4v) is 3.43. The van der Waals surface area contributed by atoms with E-state index < -0.39 is 0 Å². The Labute approximate surface area is 142 Å². The van der Waals surface area contributed by atoms with Gasteiger partial charge in [0.2, 0.25) is 5.91 Å². The van der Waals surface area contributed by atoms with Gasteiger partial charge in [0.25, 0.3) is 0 Å². The van der Waals surface area contributed by atoms with Crippen molar-refractivity contribution in [2.75, 3.05) is 13.7 Å². The molecule has 1 amide bonds. The molecule has 4 nitrogen and oxygen atoms in total. The van der Waals surface area contributed by atoms with E-state index in [2.05, 4.69) is 0 Å². The number of aliphatic hydroxyl groups is 1. The lowest BCUT2D eigenvalue weighted by Crippen LogP contribution is -2.43. The quantitative estimate of drug-likeness (QED) is 0.918. The van der Waals surface area contributed by atoms with E-state index in [-0.39, 0.29) is 24.5 Å². The zero-order valence-corrected chi connectivity index (χ0v) is 13.9. The number of nitrogens with zero attached hydrogens (tertiary/aromatic N) is 1. The third-order valence-electron chi connectivity index (χ3n) is 4.72. The average molecular weight is 325 g/mol. The molecule has 2 unspecified atom stereocenters. The molecule has 1 aliphatic heterocycles. The second kappa shape index (κ2) is 7.49. The Morgan fingerprint density at radius 3 is 2.46 bits per heavy atom. The summed E-state index contributed by atoms with van der Waals surface area (Å²) in [5.41, 5.74) is 2.14. The van der Waals surface area contributed by atoms with Gasteiger partial charge in [-0.1, -0.05) is 42.5 Å². The van der Waals surface area contributed by atoms with E-state index in [0.29, 0.717) is 13.0 Å². The number of amides is 1. The number of hydrogen-bond acceptors (Lipinski definition) is 3. The molecule has 1 N–H and O–H groups in total. The van der Waals surface area contributed by atoms with Crippen LogP contribution in [-0.2, 0) is 11.3 Å². The van der Waals surface area contributed by atoms with E-state index in [0.717, 1.165) is 23.3 Å². The van der Waals surface area contributed by atoms with Gasteiger partial charge in [0, 0.05) is 25.5 Å². The van der Waals surface area contributed by atoms with Gasteiger partial charge in [-0.15, -0.1) is 0 Å². The largest absolute Gasteiger partial charge is 0.497 e. The molecule has 24 heavy (non-hydrogen) atoms. The van der Waals surface area contributed by atoms with Gasteiger partial charge in [-0.05, 0) is 29.7 Å². The van der Waals surface area contributed by atoms with E-state index in [1.165, 1.54) is 0 Å². The predicted molar refractivity (Wildman–Crippen MR) is 92.5 cm³/mol. The fourth-order valence-electron chi connectivity index (χ4n) is 3.43. The van der Waals surface area contributed by atoms with Gasteiger partial charge < -0.3 is 14.7 Å². The second-order valence-corrected chi connectivity index (χ2v) is 6.21. The smallest absolute Gasteiger partial charge is 0.223 e. The Morgan fingerprint density at radius 2 is 1.83 bits per heavy atom. The van der Waals surface area contributed by atoms with E-state index in [1.807, 2.05) is 59.5 Å². The van der Waals surface area contributed by atoms with Crippen LogP contribution in [-0.4, -0.2) is 29.6 Å². The minimum absolute atomic E-state index is 0.0725. The van der Waals surface area contributed by atoms with Crippen LogP contribution in [0.25, 0.3) is 0 Å². The summed E-state index contributed by atoms with van der Waals surface area (Å²) >= 11 is 0. The Hall–Kier alpha value is -2.33. The molecule has 3 rings (SSSR count). The Bertz CT molecular complexity index is 669. The molecule has 0 bridgehead atoms. The number of carbonyl (C=O) groups excluding carboxylic acids is 1. The summed E-state index contributed by atoms with van der Waals surface area (Å²) < 4.78 is 5.19. The molecule has 1 saturated heterocycles. The van der Waals surface area contributed by atoms with Gasteiger partial charge in [0.15, 0.2) is 0 Å². The Morgan fingerprint density at radius 1 is 1.12 bits per heavy atom. The number of aliphatic hydroxyl groups excluding tert-OH is 1. The van der Waals surface area contributed by atoms with Crippen molar-refractivity contribution in [3.05, 3.63) is 65.7 Å². The first-order chi connectivity index (χ1) is 11.7. The maximum atomic E-state index is 12.6. The van der Waals surface area contributed by atoms with Gasteiger partial charge in [-0.3, -0.25) is 4.79 Å². The molecular weight excluding hydrogens is 302 g/mol. The molecule has 0 aromatic heterocycles. The minimum Gasteiger partial charge on any atom is -0.497 e. The number of benzene rings is 2. The third kappa shape index (κ3) is 3.44. The molecule has 2 aromatic carbocycles. The number of ether oxygens (including phenoxy) is 1. The molecule has 0 aliphatic carbocycles. The van der Waals surface area contributed by atoms with Crippen LogP contribution >= 0.6 is 0 Å². The van der Waals surface area contributed by atoms with Crippen LogP contribution in [0.15, 0.2) is 54.6 Å². The van der Waals surface area contributed by atoms with Crippen LogP contribution in [0.2, 0.25) is 0 Å². The average Bonchev–Trinajstić information content (AvgIpc) is 2.64. The monoisotopic (exact) mass is 325 g/mol. The van der Waals surface area contributed by atoms with E-state index >= 15 is 0 Å². The number of rotatable bonds is 5. The highest BCUT2D eigenvalue weighted by Gasteiger charge is 2.36. The van der Waals surface area contributed by atoms with Crippen molar-refractivity contribution in [1.29, 1.82) is 0 Å². The summed E-state index contributed by atoms with van der Waals surface area (Å²) in [7, 11) is 1.64. The van der Waals surface area contributed by atoms with Crippen LogP contribution in [0.4, 0.5) is 0 Å². The summed E-state index contributed by atoms with van der Waals surface area (Å²) in [4.78, 5) is 14.5. The van der Waals surface area contributed by atoms with Crippen molar-refractivity contribution >= 4 is 5.91 Å². The van der Waals surface area contributed by atoms with E-state index in [1.54, 1.807) is 7.11 Å². The number of piperidine rings is 1. The van der Waals surface area contributed by atoms with Crippen molar-refractivity contribution in [2.45, 2.75) is 25.4 Å². The third-order valence-corrected chi connectivity index (χ3v) is 4.72. The lowest BCUT2D eigenvalue weighted by Gasteiger charge is -2.41. The maximum absolute atomic E-state index is 12.6. The molecule has 0 spiro atoms. The molecule has 2 aromatic rings. The van der Waals surface area contributed by atoms with Gasteiger partial charge in [-0.2, -0.15) is 0 Å². The first-order valence-electron chi connectivity index (χ1n) is 8.31. The van der Waals surface area contributed by atoms with Crippen LogP contribution in [0, 0.1) is 5.92 Å². The zero-order valence-electron chi connectivity index (χ0n) is 13.9. The summed E-state index contributed by atoms with van der Waals surface area (Å²) in [6.07, 6.45) is 1.22. The highest BCUT2D eigenvalue weighted by atomic mass is 16.5. The van der Waals surface area contributed by atoms with Crippen LogP contribution in [0.5, 0.6) is 5.75 Å². The SMILES string of the molecule is COc1ccc(CN2C(=O)CCC(CO)C2c2ccccc2)cc1. The number of likely N-dealkylation sites (tertiary alicyclic amines) is 1. The standard InChI is InChI=1S/C20H23NO3/c1-24-18-10-7-15(8-11-18)13-21-19(23)12-9-17(14-22)20(21)16-5-3-2-4-6-16/h2-8,10-11,17,20,22H,9,12-14H2,1H3. The van der Waals surface area contributed by atoms with Crippen molar-refractivity contribution in [3.8, 4) is 5.75 Å². The topological polar surface area (TPSA) is 49.8 Å². The normalized spacial score (nSPS) is 20.9. The first-order valence-corrected chi connectivity index (χ1v) is 8.31. The van der Waals surface area contributed by atoms with Crippen molar-refractivity contribution in [2.24, 2.45) is 5.92 Å². The second-order valence-electron chi connectivity index (χ2n) is 6.21. The molecule has 0 radical (unpaired) electrons. The van der Waals surface area contributed by atoms with E-state index in [4.69, 9.17) is 4.74 Å². The zero-order chi connectivity index (χ0) is 16.9. The number of carbonyl (C=O) groups is 1. The Kier molecular flexibility index (Phi) is 5.16. The van der Waals surface area contributed by atoms with Gasteiger partial charge in [0.1, 0.15) is 5.75 Å². The van der Waals surface area contributed by atoms with Gasteiger partial charge in [0.05, 0.1) is 13.2 Å². The molecule has 1 heterocycles. The summed E-state index contributed by atoms with van der Waals surface area (Å²) in [6, 6.07) is 17.7. The van der Waals surface area contributed by atoms with Crippen molar-refractivity contribution < 1.29 is 14.6 Å². The first kappa shape index (κ1) is 16.5. The highest BCUT2D eigenvalue weighted by molar-refractivity contribution is 5.77. The predicted octanol–water partition coefficient (Wildman–Crippen LogP) is 3.17. The molecule has 1 fully saturated rings. The van der Waals surface area contributed by atoms with Gasteiger partial charge >= 0.3 is 0 Å². The van der Waals surface area contributed by atoms with E-state index in [9.17, 15) is 9.90 Å². The molecular formula is C20H23NO3. The highest BCUT2D eigenvalue weighted by Crippen LogP contribution is 2.37. The molecule has 0 saturated carbocycles. The van der Waals surface area contributed by atoms with Crippen LogP contribution < -0.4 is 4.74 Å². The van der Waals surface area contributed by atoms with Gasteiger partial charge in [-0.25, -0.2) is 0 Å². The fraction of sp³-hybridized carbons (Fsp3) is 0.350. The lowest BCUT2D eigenvalue weighted by molar-refractivity contribution is -0.140. The summed E-state index contributed by atoms with van der Waals surface area (Å²) in [6.45, 7) is 0.630. The number of methoxy groups -OCH3 is 1. The van der Waals surface area contributed by atoms with Crippen molar-refractivity contribution in [1.82, 2.24) is 4.90 Å². The molecule has 2 atom stereocenters. The summed E-state index contributed by atoms with van der Waals surface area (Å²) in [5.74, 6) is 1.02. The minimum atomic E-state index is -0.0837. The molecule has 4 heteroatoms. The number of hydrogen-bond donors (Lipinski definition) is 1. The summed E-state index contributed by atoms with van der Waals surface area (Å²) in [5, 5.41) is 9.81. The molecule has 1 aliphatic rings.